The maximum atomic E-state index is 11.6. The molecule has 2 aromatic heterocycles. The van der Waals surface area contributed by atoms with Crippen molar-refractivity contribution in [1.29, 1.82) is 0 Å². The van der Waals surface area contributed by atoms with Gasteiger partial charge in [0.25, 0.3) is 5.91 Å². The monoisotopic (exact) mass is 259 g/mol. The molecule has 2 heterocycles. The SMILES string of the molecule is Cc1ccnc(NC(=O)COc2nccc(C)n2)n1. The van der Waals surface area contributed by atoms with E-state index in [9.17, 15) is 4.79 Å². The van der Waals surface area contributed by atoms with Gasteiger partial charge in [0.1, 0.15) is 0 Å². The van der Waals surface area contributed by atoms with Gasteiger partial charge in [-0.05, 0) is 26.0 Å². The quantitative estimate of drug-likeness (QED) is 0.877. The molecule has 0 aromatic carbocycles. The number of nitrogens with one attached hydrogen (secondary N) is 1. The van der Waals surface area contributed by atoms with Crippen LogP contribution in [0, 0.1) is 13.8 Å². The molecule has 1 amide bonds. The molecule has 7 nitrogen and oxygen atoms in total. The topological polar surface area (TPSA) is 89.9 Å². The molecule has 98 valence electrons. The molecule has 0 bridgehead atoms. The minimum absolute atomic E-state index is 0.167. The van der Waals surface area contributed by atoms with Crippen molar-refractivity contribution in [2.75, 3.05) is 11.9 Å². The number of aromatic nitrogens is 4. The van der Waals surface area contributed by atoms with Crippen LogP contribution >= 0.6 is 0 Å². The number of carbonyl (C=O) groups is 1. The fourth-order valence-corrected chi connectivity index (χ4v) is 1.30. The van der Waals surface area contributed by atoms with Gasteiger partial charge in [0.15, 0.2) is 6.61 Å². The second-order valence-electron chi connectivity index (χ2n) is 3.84. The van der Waals surface area contributed by atoms with Crippen LogP contribution in [0.2, 0.25) is 0 Å². The highest BCUT2D eigenvalue weighted by atomic mass is 16.5. The number of aryl methyl sites for hydroxylation is 2. The van der Waals surface area contributed by atoms with Crippen LogP contribution in [-0.2, 0) is 4.79 Å². The molecule has 0 aliphatic rings. The summed E-state index contributed by atoms with van der Waals surface area (Å²) in [4.78, 5) is 27.5. The summed E-state index contributed by atoms with van der Waals surface area (Å²) in [5.41, 5.74) is 1.54. The van der Waals surface area contributed by atoms with Crippen molar-refractivity contribution in [3.63, 3.8) is 0 Å². The zero-order valence-corrected chi connectivity index (χ0v) is 10.6. The van der Waals surface area contributed by atoms with Gasteiger partial charge in [0, 0.05) is 23.8 Å². The molecule has 1 N–H and O–H groups in total. The minimum atomic E-state index is -0.365. The van der Waals surface area contributed by atoms with Crippen LogP contribution in [0.1, 0.15) is 11.4 Å². The third kappa shape index (κ3) is 3.98. The summed E-state index contributed by atoms with van der Waals surface area (Å²) < 4.78 is 5.16. The lowest BCUT2D eigenvalue weighted by atomic mass is 10.5. The lowest BCUT2D eigenvalue weighted by Gasteiger charge is -2.05. The van der Waals surface area contributed by atoms with Crippen LogP contribution in [0.4, 0.5) is 5.95 Å². The summed E-state index contributed by atoms with van der Waals surface area (Å²) in [6, 6.07) is 3.65. The Hall–Kier alpha value is -2.57. The predicted octanol–water partition coefficient (Wildman–Crippen LogP) is 0.901. The number of hydrogen-bond donors (Lipinski definition) is 1. The molecule has 2 aromatic rings. The molecule has 0 fully saturated rings. The largest absolute Gasteiger partial charge is 0.453 e. The number of amides is 1. The van der Waals surface area contributed by atoms with Gasteiger partial charge in [0.05, 0.1) is 0 Å². The fraction of sp³-hybridized carbons (Fsp3) is 0.250. The average Bonchev–Trinajstić information content (AvgIpc) is 2.36. The molecule has 0 aliphatic heterocycles. The van der Waals surface area contributed by atoms with Crippen LogP contribution in [0.5, 0.6) is 6.01 Å². The zero-order valence-electron chi connectivity index (χ0n) is 10.6. The van der Waals surface area contributed by atoms with Crippen molar-refractivity contribution >= 4 is 11.9 Å². The van der Waals surface area contributed by atoms with E-state index >= 15 is 0 Å². The Labute approximate surface area is 110 Å². The Morgan fingerprint density at radius 2 is 1.84 bits per heavy atom. The number of anilines is 1. The number of ether oxygens (including phenoxy) is 1. The van der Waals surface area contributed by atoms with E-state index in [-0.39, 0.29) is 24.5 Å². The Kier molecular flexibility index (Phi) is 3.97. The molecular formula is C12H13N5O2. The minimum Gasteiger partial charge on any atom is -0.453 e. The standard InChI is InChI=1S/C12H13N5O2/c1-8-3-5-13-11(15-8)17-10(18)7-19-12-14-6-4-9(2)16-12/h3-6H,7H2,1-2H3,(H,13,15,17,18). The summed E-state index contributed by atoms with van der Waals surface area (Å²) >= 11 is 0. The molecule has 7 heteroatoms. The normalized spacial score (nSPS) is 10.0. The van der Waals surface area contributed by atoms with Gasteiger partial charge in [-0.2, -0.15) is 0 Å². The van der Waals surface area contributed by atoms with Crippen LogP contribution in [0.15, 0.2) is 24.5 Å². The number of rotatable bonds is 4. The zero-order chi connectivity index (χ0) is 13.7. The summed E-state index contributed by atoms with van der Waals surface area (Å²) in [6.45, 7) is 3.43. The van der Waals surface area contributed by atoms with Crippen LogP contribution in [0.3, 0.4) is 0 Å². The average molecular weight is 259 g/mol. The molecule has 0 aliphatic carbocycles. The van der Waals surface area contributed by atoms with E-state index in [4.69, 9.17) is 4.74 Å². The first-order chi connectivity index (χ1) is 9.13. The van der Waals surface area contributed by atoms with Gasteiger partial charge < -0.3 is 4.74 Å². The van der Waals surface area contributed by atoms with Crippen LogP contribution < -0.4 is 10.1 Å². The predicted molar refractivity (Wildman–Crippen MR) is 67.7 cm³/mol. The van der Waals surface area contributed by atoms with Crippen molar-refractivity contribution in [2.24, 2.45) is 0 Å². The van der Waals surface area contributed by atoms with E-state index in [1.807, 2.05) is 13.8 Å². The number of nitrogens with zero attached hydrogens (tertiary/aromatic N) is 4. The Morgan fingerprint density at radius 3 is 2.53 bits per heavy atom. The highest BCUT2D eigenvalue weighted by molar-refractivity contribution is 5.90. The van der Waals surface area contributed by atoms with Gasteiger partial charge in [-0.15, -0.1) is 0 Å². The van der Waals surface area contributed by atoms with E-state index in [0.717, 1.165) is 11.4 Å². The molecule has 0 atom stereocenters. The van der Waals surface area contributed by atoms with E-state index in [0.29, 0.717) is 0 Å². The molecule has 0 saturated carbocycles. The molecule has 0 saturated heterocycles. The van der Waals surface area contributed by atoms with Crippen LogP contribution in [-0.4, -0.2) is 32.4 Å². The Bertz CT molecular complexity index is 588. The summed E-state index contributed by atoms with van der Waals surface area (Å²) in [7, 11) is 0. The number of hydrogen-bond acceptors (Lipinski definition) is 6. The van der Waals surface area contributed by atoms with E-state index in [1.165, 1.54) is 0 Å². The summed E-state index contributed by atoms with van der Waals surface area (Å²) in [5, 5.41) is 2.53. The lowest BCUT2D eigenvalue weighted by molar-refractivity contribution is -0.118. The van der Waals surface area contributed by atoms with Crippen molar-refractivity contribution in [1.82, 2.24) is 19.9 Å². The van der Waals surface area contributed by atoms with Crippen molar-refractivity contribution < 1.29 is 9.53 Å². The number of carbonyl (C=O) groups excluding carboxylic acids is 1. The molecule has 0 radical (unpaired) electrons. The highest BCUT2D eigenvalue weighted by Gasteiger charge is 2.07. The highest BCUT2D eigenvalue weighted by Crippen LogP contribution is 2.02. The summed E-state index contributed by atoms with van der Waals surface area (Å²) in [6.07, 6.45) is 3.14. The second-order valence-corrected chi connectivity index (χ2v) is 3.84. The summed E-state index contributed by atoms with van der Waals surface area (Å²) in [5.74, 6) is -0.116. The van der Waals surface area contributed by atoms with Gasteiger partial charge >= 0.3 is 6.01 Å². The van der Waals surface area contributed by atoms with Gasteiger partial charge in [-0.3, -0.25) is 10.1 Å². The fourth-order valence-electron chi connectivity index (χ4n) is 1.30. The van der Waals surface area contributed by atoms with Crippen molar-refractivity contribution in [2.45, 2.75) is 13.8 Å². The molecular weight excluding hydrogens is 246 g/mol. The maximum absolute atomic E-state index is 11.6. The lowest BCUT2D eigenvalue weighted by Crippen LogP contribution is -2.22. The first-order valence-electron chi connectivity index (χ1n) is 5.65. The van der Waals surface area contributed by atoms with Crippen molar-refractivity contribution in [3.05, 3.63) is 35.9 Å². The van der Waals surface area contributed by atoms with Gasteiger partial charge in [-0.1, -0.05) is 0 Å². The van der Waals surface area contributed by atoms with Gasteiger partial charge in [0.2, 0.25) is 5.95 Å². The van der Waals surface area contributed by atoms with E-state index in [2.05, 4.69) is 25.3 Å². The maximum Gasteiger partial charge on any atom is 0.317 e. The van der Waals surface area contributed by atoms with Gasteiger partial charge in [-0.25, -0.2) is 19.9 Å². The molecule has 0 spiro atoms. The first-order valence-corrected chi connectivity index (χ1v) is 5.65. The molecule has 2 rings (SSSR count). The third-order valence-electron chi connectivity index (χ3n) is 2.15. The van der Waals surface area contributed by atoms with E-state index < -0.39 is 0 Å². The Morgan fingerprint density at radius 1 is 1.16 bits per heavy atom. The smallest absolute Gasteiger partial charge is 0.317 e. The first kappa shape index (κ1) is 12.9. The Balaban J connectivity index is 1.88. The second kappa shape index (κ2) is 5.85. The van der Waals surface area contributed by atoms with Crippen molar-refractivity contribution in [3.8, 4) is 6.01 Å². The molecule has 0 unspecified atom stereocenters. The molecule has 19 heavy (non-hydrogen) atoms. The van der Waals surface area contributed by atoms with Crippen LogP contribution in [0.25, 0.3) is 0 Å². The van der Waals surface area contributed by atoms with E-state index in [1.54, 1.807) is 24.5 Å². The third-order valence-corrected chi connectivity index (χ3v) is 2.15.